The predicted octanol–water partition coefficient (Wildman–Crippen LogP) is 4.48. The summed E-state index contributed by atoms with van der Waals surface area (Å²) < 4.78 is 2.06. The first-order chi connectivity index (χ1) is 14.3. The van der Waals surface area contributed by atoms with Gasteiger partial charge in [-0.15, -0.1) is 0 Å². The third kappa shape index (κ3) is 2.45. The lowest BCUT2D eigenvalue weighted by molar-refractivity contribution is 0.461. The molecule has 142 valence electrons. The number of fused-ring (bicyclic) bond motifs is 3. The van der Waals surface area contributed by atoms with E-state index in [1.807, 2.05) is 6.20 Å². The lowest BCUT2D eigenvalue weighted by Gasteiger charge is -2.26. The molecule has 3 heterocycles. The van der Waals surface area contributed by atoms with Crippen molar-refractivity contribution < 1.29 is 0 Å². The van der Waals surface area contributed by atoms with Crippen LogP contribution in [-0.4, -0.2) is 24.7 Å². The molecule has 1 unspecified atom stereocenters. The van der Waals surface area contributed by atoms with Crippen LogP contribution in [0.25, 0.3) is 33.2 Å². The van der Waals surface area contributed by atoms with Crippen LogP contribution in [0.4, 0.5) is 5.82 Å². The van der Waals surface area contributed by atoms with Crippen LogP contribution >= 0.6 is 0 Å². The summed E-state index contributed by atoms with van der Waals surface area (Å²) in [5, 5.41) is 7.04. The van der Waals surface area contributed by atoms with E-state index < -0.39 is 0 Å². The first-order valence-corrected chi connectivity index (χ1v) is 9.93. The smallest absolute Gasteiger partial charge is 0.164 e. The van der Waals surface area contributed by atoms with Crippen LogP contribution in [0.5, 0.6) is 0 Å². The van der Waals surface area contributed by atoms with Crippen molar-refractivity contribution in [1.82, 2.24) is 24.7 Å². The number of aryl methyl sites for hydroxylation is 1. The number of anilines is 1. The molecule has 1 aliphatic carbocycles. The van der Waals surface area contributed by atoms with Crippen molar-refractivity contribution in [2.24, 2.45) is 0 Å². The molecule has 1 atom stereocenters. The second-order valence-electron chi connectivity index (χ2n) is 7.64. The molecule has 3 N–H and O–H groups in total. The summed E-state index contributed by atoms with van der Waals surface area (Å²) in [5.74, 6) is 0.465. The van der Waals surface area contributed by atoms with Gasteiger partial charge in [-0.05, 0) is 47.9 Å². The predicted molar refractivity (Wildman–Crippen MR) is 115 cm³/mol. The summed E-state index contributed by atoms with van der Waals surface area (Å²) in [6.07, 6.45) is 6.75. The molecule has 6 heteroatoms. The third-order valence-corrected chi connectivity index (χ3v) is 5.98. The van der Waals surface area contributed by atoms with Gasteiger partial charge in [0, 0.05) is 17.3 Å². The number of hydrogen-bond donors (Lipinski definition) is 2. The summed E-state index contributed by atoms with van der Waals surface area (Å²) in [6.45, 7) is 0. The fourth-order valence-electron chi connectivity index (χ4n) is 4.59. The number of nitrogens with one attached hydrogen (secondary N) is 1. The molecule has 2 aromatic carbocycles. The molecule has 3 aromatic heterocycles. The van der Waals surface area contributed by atoms with Crippen LogP contribution < -0.4 is 5.73 Å². The minimum atomic E-state index is 0.153. The molecule has 0 bridgehead atoms. The van der Waals surface area contributed by atoms with Gasteiger partial charge in [-0.2, -0.15) is 5.10 Å². The Hall–Kier alpha value is -3.67. The van der Waals surface area contributed by atoms with Crippen LogP contribution in [0, 0.1) is 0 Å². The number of nitrogens with zero attached hydrogens (tertiary/aromatic N) is 4. The molecule has 5 aromatic rings. The highest BCUT2D eigenvalue weighted by atomic mass is 15.3. The van der Waals surface area contributed by atoms with Gasteiger partial charge in [0.1, 0.15) is 17.8 Å². The molecular formula is C23H20N6. The van der Waals surface area contributed by atoms with Crippen LogP contribution in [0.15, 0.2) is 61.1 Å². The summed E-state index contributed by atoms with van der Waals surface area (Å²) in [6, 6.07) is 17.2. The Kier molecular flexibility index (Phi) is 3.47. The molecule has 0 spiro atoms. The van der Waals surface area contributed by atoms with Crippen molar-refractivity contribution in [3.63, 3.8) is 0 Å². The molecule has 0 amide bonds. The third-order valence-electron chi connectivity index (χ3n) is 5.98. The first-order valence-electron chi connectivity index (χ1n) is 9.93. The molecule has 0 aliphatic heterocycles. The Morgan fingerprint density at radius 3 is 2.97 bits per heavy atom. The van der Waals surface area contributed by atoms with E-state index in [4.69, 9.17) is 10.8 Å². The zero-order valence-corrected chi connectivity index (χ0v) is 15.8. The second-order valence-corrected chi connectivity index (χ2v) is 7.64. The number of nitrogens with two attached hydrogens (primary N) is 1. The van der Waals surface area contributed by atoms with E-state index in [0.29, 0.717) is 5.82 Å². The maximum Gasteiger partial charge on any atom is 0.164 e. The SMILES string of the molecule is Nc1ncnc2c1c(-c1ccc3cc[nH]c3c1)nn2C1CCCc2ccccc21. The van der Waals surface area contributed by atoms with Crippen LogP contribution in [0.3, 0.4) is 0 Å². The topological polar surface area (TPSA) is 85.4 Å². The van der Waals surface area contributed by atoms with E-state index in [0.717, 1.165) is 47.1 Å². The zero-order chi connectivity index (χ0) is 19.4. The summed E-state index contributed by atoms with van der Waals surface area (Å²) >= 11 is 0. The van der Waals surface area contributed by atoms with E-state index in [9.17, 15) is 0 Å². The van der Waals surface area contributed by atoms with E-state index >= 15 is 0 Å². The van der Waals surface area contributed by atoms with Gasteiger partial charge in [0.2, 0.25) is 0 Å². The van der Waals surface area contributed by atoms with Gasteiger partial charge in [-0.3, -0.25) is 0 Å². The molecule has 0 radical (unpaired) electrons. The fourth-order valence-corrected chi connectivity index (χ4v) is 4.59. The van der Waals surface area contributed by atoms with Gasteiger partial charge in [-0.25, -0.2) is 14.6 Å². The van der Waals surface area contributed by atoms with Crippen LogP contribution in [0.1, 0.15) is 30.0 Å². The number of nitrogen functional groups attached to an aromatic ring is 1. The molecule has 29 heavy (non-hydrogen) atoms. The first kappa shape index (κ1) is 16.3. The van der Waals surface area contributed by atoms with Crippen molar-refractivity contribution in [3.05, 3.63) is 72.2 Å². The largest absolute Gasteiger partial charge is 0.383 e. The minimum absolute atomic E-state index is 0.153. The summed E-state index contributed by atoms with van der Waals surface area (Å²) in [5.41, 5.74) is 12.7. The van der Waals surface area contributed by atoms with E-state index in [2.05, 4.69) is 68.2 Å². The van der Waals surface area contributed by atoms with Gasteiger partial charge in [0.25, 0.3) is 0 Å². The Bertz CT molecular complexity index is 1360. The lowest BCUT2D eigenvalue weighted by Crippen LogP contribution is -2.18. The molecule has 0 saturated carbocycles. The maximum atomic E-state index is 6.31. The number of benzene rings is 2. The number of hydrogen-bond acceptors (Lipinski definition) is 4. The Morgan fingerprint density at radius 1 is 1.07 bits per heavy atom. The maximum absolute atomic E-state index is 6.31. The number of rotatable bonds is 2. The molecular weight excluding hydrogens is 360 g/mol. The average molecular weight is 380 g/mol. The van der Waals surface area contributed by atoms with Gasteiger partial charge in [0.15, 0.2) is 5.65 Å². The zero-order valence-electron chi connectivity index (χ0n) is 15.8. The average Bonchev–Trinajstić information content (AvgIpc) is 3.38. The number of H-pyrrole nitrogens is 1. The normalized spacial score (nSPS) is 16.3. The number of aromatic amines is 1. The number of aromatic nitrogens is 5. The van der Waals surface area contributed by atoms with E-state index in [1.165, 1.54) is 22.8 Å². The van der Waals surface area contributed by atoms with Crippen molar-refractivity contribution in [3.8, 4) is 11.3 Å². The van der Waals surface area contributed by atoms with Crippen molar-refractivity contribution >= 4 is 27.8 Å². The van der Waals surface area contributed by atoms with Gasteiger partial charge in [-0.1, -0.05) is 36.4 Å². The van der Waals surface area contributed by atoms with Gasteiger partial charge in [0.05, 0.1) is 11.4 Å². The van der Waals surface area contributed by atoms with E-state index in [-0.39, 0.29) is 6.04 Å². The fraction of sp³-hybridized carbons (Fsp3) is 0.174. The highest BCUT2D eigenvalue weighted by Gasteiger charge is 2.27. The van der Waals surface area contributed by atoms with Crippen molar-refractivity contribution in [2.75, 3.05) is 5.73 Å². The second kappa shape index (κ2) is 6.17. The quantitative estimate of drug-likeness (QED) is 0.473. The van der Waals surface area contributed by atoms with Crippen molar-refractivity contribution in [1.29, 1.82) is 0 Å². The highest BCUT2D eigenvalue weighted by Crippen LogP contribution is 2.38. The minimum Gasteiger partial charge on any atom is -0.383 e. The Balaban J connectivity index is 1.61. The van der Waals surface area contributed by atoms with Crippen LogP contribution in [-0.2, 0) is 6.42 Å². The van der Waals surface area contributed by atoms with Crippen molar-refractivity contribution in [2.45, 2.75) is 25.3 Å². The monoisotopic (exact) mass is 380 g/mol. The lowest BCUT2D eigenvalue weighted by atomic mass is 9.88. The Labute approximate surface area is 167 Å². The summed E-state index contributed by atoms with van der Waals surface area (Å²) in [4.78, 5) is 12.1. The van der Waals surface area contributed by atoms with E-state index in [1.54, 1.807) is 0 Å². The Morgan fingerprint density at radius 2 is 2.00 bits per heavy atom. The van der Waals surface area contributed by atoms with Gasteiger partial charge < -0.3 is 10.7 Å². The standard InChI is InChI=1S/C23H20N6/c24-22-20-21(16-9-8-15-10-11-25-18(15)12-16)28-29(23(20)27-13-26-22)19-7-3-5-14-4-1-2-6-17(14)19/h1-2,4,6,8-13,19,25H,3,5,7H2,(H2,24,26,27). The molecule has 0 fully saturated rings. The molecule has 6 nitrogen and oxygen atoms in total. The molecule has 6 rings (SSSR count). The van der Waals surface area contributed by atoms with Crippen LogP contribution in [0.2, 0.25) is 0 Å². The van der Waals surface area contributed by atoms with Gasteiger partial charge >= 0.3 is 0 Å². The molecule has 0 saturated heterocycles. The molecule has 1 aliphatic rings. The summed E-state index contributed by atoms with van der Waals surface area (Å²) in [7, 11) is 0. The highest BCUT2D eigenvalue weighted by molar-refractivity contribution is 5.99.